The zero-order chi connectivity index (χ0) is 16.8. The molecule has 0 saturated heterocycles. The van der Waals surface area contributed by atoms with Crippen LogP contribution in [0.25, 0.3) is 0 Å². The van der Waals surface area contributed by atoms with Crippen LogP contribution in [0.3, 0.4) is 0 Å². The van der Waals surface area contributed by atoms with Crippen LogP contribution in [0.15, 0.2) is 36.9 Å². The number of urea groups is 1. The first kappa shape index (κ1) is 16.3. The summed E-state index contributed by atoms with van der Waals surface area (Å²) in [6.45, 7) is 1.81. The monoisotopic (exact) mass is 332 g/mol. The van der Waals surface area contributed by atoms with Crippen molar-refractivity contribution in [1.29, 1.82) is 0 Å². The first-order valence-corrected chi connectivity index (χ1v) is 8.15. The fourth-order valence-corrected chi connectivity index (χ4v) is 2.81. The molecule has 0 saturated carbocycles. The Hall–Kier alpha value is -2.57. The highest BCUT2D eigenvalue weighted by Gasteiger charge is 2.23. The van der Waals surface area contributed by atoms with Crippen LogP contribution in [0.5, 0.6) is 5.75 Å². The van der Waals surface area contributed by atoms with Gasteiger partial charge < -0.3 is 19.9 Å². The van der Waals surface area contributed by atoms with Crippen LogP contribution in [0, 0.1) is 5.82 Å². The Kier molecular flexibility index (Phi) is 5.30. The number of halogens is 1. The van der Waals surface area contributed by atoms with Crippen molar-refractivity contribution in [2.75, 3.05) is 13.2 Å². The number of nitrogens with zero attached hydrogens (tertiary/aromatic N) is 2. The third-order valence-electron chi connectivity index (χ3n) is 4.00. The molecule has 7 heteroatoms. The number of carbonyl (C=O) groups is 1. The van der Waals surface area contributed by atoms with Gasteiger partial charge in [0, 0.05) is 31.0 Å². The first-order valence-electron chi connectivity index (χ1n) is 8.15. The molecule has 24 heavy (non-hydrogen) atoms. The third-order valence-corrected chi connectivity index (χ3v) is 4.00. The number of aromatic nitrogens is 2. The SMILES string of the molecule is O=C(NCCCn1ccnc1)NC1CCCOc2c(F)cccc21. The minimum Gasteiger partial charge on any atom is -0.490 e. The van der Waals surface area contributed by atoms with Crippen molar-refractivity contribution in [3.8, 4) is 5.75 Å². The zero-order valence-corrected chi connectivity index (χ0v) is 13.4. The molecule has 2 N–H and O–H groups in total. The number of hydrogen-bond acceptors (Lipinski definition) is 3. The van der Waals surface area contributed by atoms with E-state index in [0.29, 0.717) is 18.7 Å². The fraction of sp³-hybridized carbons (Fsp3) is 0.412. The number of aryl methyl sites for hydroxylation is 1. The molecule has 1 aromatic carbocycles. The molecule has 1 atom stereocenters. The number of imidazole rings is 1. The van der Waals surface area contributed by atoms with Crippen LogP contribution in [0.2, 0.25) is 0 Å². The summed E-state index contributed by atoms with van der Waals surface area (Å²) in [4.78, 5) is 16.1. The van der Waals surface area contributed by atoms with Gasteiger partial charge in [-0.25, -0.2) is 14.2 Å². The van der Waals surface area contributed by atoms with Gasteiger partial charge in [-0.3, -0.25) is 0 Å². The zero-order valence-electron chi connectivity index (χ0n) is 13.4. The lowest BCUT2D eigenvalue weighted by molar-refractivity contribution is 0.236. The van der Waals surface area contributed by atoms with E-state index >= 15 is 0 Å². The Morgan fingerprint density at radius 2 is 2.38 bits per heavy atom. The van der Waals surface area contributed by atoms with E-state index in [1.165, 1.54) is 6.07 Å². The highest BCUT2D eigenvalue weighted by Crippen LogP contribution is 2.33. The van der Waals surface area contributed by atoms with E-state index in [1.54, 1.807) is 24.7 Å². The second kappa shape index (κ2) is 7.81. The largest absolute Gasteiger partial charge is 0.490 e. The average molecular weight is 332 g/mol. The van der Waals surface area contributed by atoms with Crippen molar-refractivity contribution >= 4 is 6.03 Å². The molecule has 2 heterocycles. The first-order chi connectivity index (χ1) is 11.7. The van der Waals surface area contributed by atoms with Gasteiger partial charge in [0.2, 0.25) is 0 Å². The third kappa shape index (κ3) is 4.04. The summed E-state index contributed by atoms with van der Waals surface area (Å²) in [5, 5.41) is 5.76. The minimum absolute atomic E-state index is 0.244. The Morgan fingerprint density at radius 1 is 1.46 bits per heavy atom. The lowest BCUT2D eigenvalue weighted by Gasteiger charge is -2.19. The normalized spacial score (nSPS) is 16.6. The number of para-hydroxylation sites is 1. The Morgan fingerprint density at radius 3 is 3.21 bits per heavy atom. The van der Waals surface area contributed by atoms with E-state index < -0.39 is 0 Å². The van der Waals surface area contributed by atoms with Gasteiger partial charge in [0.05, 0.1) is 19.0 Å². The van der Waals surface area contributed by atoms with Gasteiger partial charge in [0.25, 0.3) is 0 Å². The molecule has 3 rings (SSSR count). The maximum absolute atomic E-state index is 13.9. The Balaban J connectivity index is 1.51. The predicted octanol–water partition coefficient (Wildman–Crippen LogP) is 2.63. The van der Waals surface area contributed by atoms with Crippen molar-refractivity contribution in [1.82, 2.24) is 20.2 Å². The van der Waals surface area contributed by atoms with Gasteiger partial charge in [0.15, 0.2) is 11.6 Å². The molecule has 1 aromatic heterocycles. The molecular formula is C17H21FN4O2. The quantitative estimate of drug-likeness (QED) is 0.827. The molecule has 128 valence electrons. The highest BCUT2D eigenvalue weighted by molar-refractivity contribution is 5.74. The summed E-state index contributed by atoms with van der Waals surface area (Å²) in [5.74, 6) is -0.137. The molecule has 1 aliphatic heterocycles. The summed E-state index contributed by atoms with van der Waals surface area (Å²) in [7, 11) is 0. The van der Waals surface area contributed by atoms with Crippen molar-refractivity contribution in [2.24, 2.45) is 0 Å². The number of carbonyl (C=O) groups excluding carboxylic acids is 1. The maximum Gasteiger partial charge on any atom is 0.315 e. The number of rotatable bonds is 5. The molecule has 0 radical (unpaired) electrons. The molecule has 0 fully saturated rings. The number of ether oxygens (including phenoxy) is 1. The van der Waals surface area contributed by atoms with Gasteiger partial charge in [-0.05, 0) is 25.3 Å². The van der Waals surface area contributed by atoms with E-state index in [0.717, 1.165) is 25.8 Å². The minimum atomic E-state index is -0.387. The van der Waals surface area contributed by atoms with Crippen molar-refractivity contribution in [2.45, 2.75) is 31.8 Å². The molecule has 2 aromatic rings. The molecule has 0 bridgehead atoms. The molecule has 0 spiro atoms. The number of hydrogen-bond donors (Lipinski definition) is 2. The molecule has 1 aliphatic rings. The summed E-state index contributed by atoms with van der Waals surface area (Å²) < 4.78 is 21.3. The van der Waals surface area contributed by atoms with Crippen LogP contribution in [0.4, 0.5) is 9.18 Å². The van der Waals surface area contributed by atoms with Gasteiger partial charge in [-0.15, -0.1) is 0 Å². The molecule has 0 aliphatic carbocycles. The van der Waals surface area contributed by atoms with Crippen LogP contribution < -0.4 is 15.4 Å². The summed E-state index contributed by atoms with van der Waals surface area (Å²) in [5.41, 5.74) is 0.695. The van der Waals surface area contributed by atoms with Gasteiger partial charge >= 0.3 is 6.03 Å². The predicted molar refractivity (Wildman–Crippen MR) is 87.2 cm³/mol. The topological polar surface area (TPSA) is 68.2 Å². The second-order valence-corrected chi connectivity index (χ2v) is 5.76. The van der Waals surface area contributed by atoms with Crippen LogP contribution in [-0.2, 0) is 6.54 Å². The Bertz CT molecular complexity index is 675. The Labute approximate surface area is 140 Å². The number of nitrogens with one attached hydrogen (secondary N) is 2. The standard InChI is InChI=1S/C17H21FN4O2/c18-14-5-1-4-13-15(6-2-11-24-16(13)14)21-17(23)20-7-3-9-22-10-8-19-12-22/h1,4-5,8,10,12,15H,2-3,6-7,9,11H2,(H2,20,21,23). The summed E-state index contributed by atoms with van der Waals surface area (Å²) in [6.07, 6.45) is 7.65. The molecule has 1 unspecified atom stereocenters. The van der Waals surface area contributed by atoms with E-state index in [2.05, 4.69) is 15.6 Å². The lowest BCUT2D eigenvalue weighted by atomic mass is 10.0. The number of benzene rings is 1. The summed E-state index contributed by atoms with van der Waals surface area (Å²) >= 11 is 0. The molecule has 2 amide bonds. The highest BCUT2D eigenvalue weighted by atomic mass is 19.1. The summed E-state index contributed by atoms with van der Waals surface area (Å²) in [6, 6.07) is 4.32. The molecular weight excluding hydrogens is 311 g/mol. The van der Waals surface area contributed by atoms with Crippen molar-refractivity contribution in [3.05, 3.63) is 48.3 Å². The number of amides is 2. The van der Waals surface area contributed by atoms with E-state index in [1.807, 2.05) is 10.8 Å². The van der Waals surface area contributed by atoms with E-state index in [-0.39, 0.29) is 23.6 Å². The maximum atomic E-state index is 13.9. The van der Waals surface area contributed by atoms with Crippen molar-refractivity contribution < 1.29 is 13.9 Å². The van der Waals surface area contributed by atoms with Gasteiger partial charge in [-0.1, -0.05) is 12.1 Å². The number of fused-ring (bicyclic) bond motifs is 1. The van der Waals surface area contributed by atoms with Crippen molar-refractivity contribution in [3.63, 3.8) is 0 Å². The smallest absolute Gasteiger partial charge is 0.315 e. The van der Waals surface area contributed by atoms with Crippen LogP contribution in [0.1, 0.15) is 30.9 Å². The van der Waals surface area contributed by atoms with Crippen LogP contribution >= 0.6 is 0 Å². The van der Waals surface area contributed by atoms with E-state index in [4.69, 9.17) is 4.74 Å². The lowest BCUT2D eigenvalue weighted by Crippen LogP contribution is -2.38. The van der Waals surface area contributed by atoms with Gasteiger partial charge in [0.1, 0.15) is 0 Å². The average Bonchev–Trinajstić information content (AvgIpc) is 3.01. The second-order valence-electron chi connectivity index (χ2n) is 5.76. The van der Waals surface area contributed by atoms with E-state index in [9.17, 15) is 9.18 Å². The van der Waals surface area contributed by atoms with Crippen LogP contribution in [-0.4, -0.2) is 28.7 Å². The van der Waals surface area contributed by atoms with Gasteiger partial charge in [-0.2, -0.15) is 0 Å². The fourth-order valence-electron chi connectivity index (χ4n) is 2.81. The molecule has 6 nitrogen and oxygen atoms in total.